The van der Waals surface area contributed by atoms with Crippen LogP contribution in [0.3, 0.4) is 0 Å². The van der Waals surface area contributed by atoms with Crippen molar-refractivity contribution in [3.63, 3.8) is 0 Å². The molecule has 0 atom stereocenters. The number of benzene rings is 1. The normalized spacial score (nSPS) is 17.2. The van der Waals surface area contributed by atoms with Crippen LogP contribution in [-0.2, 0) is 14.8 Å². The van der Waals surface area contributed by atoms with E-state index in [0.717, 1.165) is 36.8 Å². The van der Waals surface area contributed by atoms with Crippen molar-refractivity contribution in [1.29, 1.82) is 0 Å². The van der Waals surface area contributed by atoms with Crippen LogP contribution in [0.25, 0.3) is 0 Å². The minimum Gasteiger partial charge on any atom is -0.489 e. The van der Waals surface area contributed by atoms with Gasteiger partial charge in [0.25, 0.3) is 0 Å². The van der Waals surface area contributed by atoms with E-state index in [4.69, 9.17) is 9.47 Å². The van der Waals surface area contributed by atoms with E-state index in [-0.39, 0.29) is 6.10 Å². The first-order valence-electron chi connectivity index (χ1n) is 5.96. The van der Waals surface area contributed by atoms with Gasteiger partial charge in [0, 0.05) is 18.5 Å². The molecule has 0 bridgehead atoms. The summed E-state index contributed by atoms with van der Waals surface area (Å²) < 4.78 is 36.6. The summed E-state index contributed by atoms with van der Waals surface area (Å²) in [6.07, 6.45) is 3.01. The molecule has 5 nitrogen and oxygen atoms in total. The van der Waals surface area contributed by atoms with Gasteiger partial charge in [0.2, 0.25) is 10.0 Å². The summed E-state index contributed by atoms with van der Waals surface area (Å²) in [5, 5.41) is 0. The van der Waals surface area contributed by atoms with E-state index in [0.29, 0.717) is 11.4 Å². The molecule has 1 aromatic rings. The van der Waals surface area contributed by atoms with Crippen molar-refractivity contribution in [3.8, 4) is 5.75 Å². The first kappa shape index (κ1) is 14.6. The Bertz CT molecular complexity index is 541. The Kier molecular flexibility index (Phi) is 4.70. The van der Waals surface area contributed by atoms with Crippen LogP contribution in [0.5, 0.6) is 5.75 Å². The zero-order valence-electron chi connectivity index (χ0n) is 10.6. The van der Waals surface area contributed by atoms with Crippen LogP contribution in [-0.4, -0.2) is 34.0 Å². The highest BCUT2D eigenvalue weighted by Crippen LogP contribution is 2.30. The first-order valence-corrected chi connectivity index (χ1v) is 8.64. The van der Waals surface area contributed by atoms with Crippen molar-refractivity contribution >= 4 is 31.6 Å². The van der Waals surface area contributed by atoms with Crippen molar-refractivity contribution in [2.24, 2.45) is 0 Å². The zero-order chi connectivity index (χ0) is 13.9. The monoisotopic (exact) mass is 349 g/mol. The minimum absolute atomic E-state index is 0.152. The van der Waals surface area contributed by atoms with Gasteiger partial charge in [-0.25, -0.2) is 8.42 Å². The lowest BCUT2D eigenvalue weighted by Crippen LogP contribution is -2.26. The van der Waals surface area contributed by atoms with Crippen molar-refractivity contribution in [3.05, 3.63) is 22.7 Å². The van der Waals surface area contributed by atoms with Crippen LogP contribution < -0.4 is 9.46 Å². The summed E-state index contributed by atoms with van der Waals surface area (Å²) >= 11 is 3.39. The molecule has 106 valence electrons. The molecule has 1 aliphatic rings. The van der Waals surface area contributed by atoms with Crippen molar-refractivity contribution in [2.45, 2.75) is 18.9 Å². The summed E-state index contributed by atoms with van der Waals surface area (Å²) in [6.45, 7) is 1.44. The summed E-state index contributed by atoms with van der Waals surface area (Å²) in [7, 11) is -3.26. The molecule has 0 radical (unpaired) electrons. The summed E-state index contributed by atoms with van der Waals surface area (Å²) in [5.41, 5.74) is 0.508. The maximum absolute atomic E-state index is 11.1. The number of rotatable bonds is 4. The molecule has 1 aliphatic heterocycles. The SMILES string of the molecule is CS(=O)(=O)Nc1ccc(OC2CCOCC2)c(Br)c1. The average Bonchev–Trinajstić information content (AvgIpc) is 2.32. The van der Waals surface area contributed by atoms with Crippen LogP contribution in [0.15, 0.2) is 22.7 Å². The predicted molar refractivity (Wildman–Crippen MR) is 77.1 cm³/mol. The largest absolute Gasteiger partial charge is 0.489 e. The Balaban J connectivity index is 2.06. The molecule has 0 aliphatic carbocycles. The number of hydrogen-bond acceptors (Lipinski definition) is 4. The molecule has 0 aromatic heterocycles. The molecule has 0 unspecified atom stereocenters. The fraction of sp³-hybridized carbons (Fsp3) is 0.500. The van der Waals surface area contributed by atoms with Crippen LogP contribution >= 0.6 is 15.9 Å². The Morgan fingerprint density at radius 3 is 2.63 bits per heavy atom. The fourth-order valence-electron chi connectivity index (χ4n) is 1.85. The van der Waals surface area contributed by atoms with Crippen LogP contribution in [0.2, 0.25) is 0 Å². The molecule has 2 rings (SSSR count). The molecule has 0 amide bonds. The van der Waals surface area contributed by atoms with Gasteiger partial charge in [-0.2, -0.15) is 0 Å². The van der Waals surface area contributed by atoms with Gasteiger partial charge in [-0.1, -0.05) is 0 Å². The van der Waals surface area contributed by atoms with Gasteiger partial charge in [-0.05, 0) is 34.1 Å². The third kappa shape index (κ3) is 4.67. The third-order valence-electron chi connectivity index (χ3n) is 2.70. The predicted octanol–water partition coefficient (Wildman–Crippen LogP) is 2.38. The van der Waals surface area contributed by atoms with E-state index in [1.54, 1.807) is 18.2 Å². The highest BCUT2D eigenvalue weighted by Gasteiger charge is 2.16. The Hall–Kier alpha value is -0.790. The van der Waals surface area contributed by atoms with E-state index in [9.17, 15) is 8.42 Å². The van der Waals surface area contributed by atoms with Crippen molar-refractivity contribution in [1.82, 2.24) is 0 Å². The topological polar surface area (TPSA) is 64.6 Å². The number of sulfonamides is 1. The number of anilines is 1. The highest BCUT2D eigenvalue weighted by atomic mass is 79.9. The molecule has 0 saturated carbocycles. The van der Waals surface area contributed by atoms with Crippen molar-refractivity contribution < 1.29 is 17.9 Å². The molecular weight excluding hydrogens is 334 g/mol. The Morgan fingerprint density at radius 2 is 2.05 bits per heavy atom. The van der Waals surface area contributed by atoms with Gasteiger partial charge in [0.15, 0.2) is 0 Å². The second-order valence-corrected chi connectivity index (χ2v) is 7.05. The Labute approximate surface area is 121 Å². The second kappa shape index (κ2) is 6.11. The summed E-state index contributed by atoms with van der Waals surface area (Å²) in [5.74, 6) is 0.714. The van der Waals surface area contributed by atoms with E-state index < -0.39 is 10.0 Å². The maximum atomic E-state index is 11.1. The van der Waals surface area contributed by atoms with Crippen LogP contribution in [0, 0.1) is 0 Å². The van der Waals surface area contributed by atoms with Gasteiger partial charge in [-0.3, -0.25) is 4.72 Å². The molecule has 1 aromatic carbocycles. The molecule has 7 heteroatoms. The summed E-state index contributed by atoms with van der Waals surface area (Å²) in [6, 6.07) is 5.13. The molecule has 1 heterocycles. The zero-order valence-corrected chi connectivity index (χ0v) is 13.0. The van der Waals surface area contributed by atoms with Gasteiger partial charge in [0.05, 0.1) is 23.9 Å². The highest BCUT2D eigenvalue weighted by molar-refractivity contribution is 9.10. The minimum atomic E-state index is -3.26. The number of halogens is 1. The second-order valence-electron chi connectivity index (χ2n) is 4.45. The number of hydrogen-bond donors (Lipinski definition) is 1. The van der Waals surface area contributed by atoms with E-state index >= 15 is 0 Å². The molecule has 0 spiro atoms. The lowest BCUT2D eigenvalue weighted by Gasteiger charge is -2.24. The Morgan fingerprint density at radius 1 is 1.37 bits per heavy atom. The smallest absolute Gasteiger partial charge is 0.229 e. The lowest BCUT2D eigenvalue weighted by atomic mass is 10.1. The molecule has 1 saturated heterocycles. The number of nitrogens with one attached hydrogen (secondary N) is 1. The maximum Gasteiger partial charge on any atom is 0.229 e. The fourth-order valence-corrected chi connectivity index (χ4v) is 2.87. The van der Waals surface area contributed by atoms with Crippen molar-refractivity contribution in [2.75, 3.05) is 24.2 Å². The van der Waals surface area contributed by atoms with E-state index in [2.05, 4.69) is 20.7 Å². The van der Waals surface area contributed by atoms with Gasteiger partial charge < -0.3 is 9.47 Å². The van der Waals surface area contributed by atoms with E-state index in [1.807, 2.05) is 0 Å². The average molecular weight is 350 g/mol. The van der Waals surface area contributed by atoms with Gasteiger partial charge >= 0.3 is 0 Å². The molecular formula is C12H16BrNO4S. The van der Waals surface area contributed by atoms with Gasteiger partial charge in [-0.15, -0.1) is 0 Å². The molecule has 19 heavy (non-hydrogen) atoms. The standard InChI is InChI=1S/C12H16BrNO4S/c1-19(15,16)14-9-2-3-12(11(13)8-9)18-10-4-6-17-7-5-10/h2-3,8,10,14H,4-7H2,1H3. The molecule has 1 N–H and O–H groups in total. The lowest BCUT2D eigenvalue weighted by molar-refractivity contribution is 0.0253. The number of ether oxygens (including phenoxy) is 2. The quantitative estimate of drug-likeness (QED) is 0.906. The van der Waals surface area contributed by atoms with Crippen LogP contribution in [0.1, 0.15) is 12.8 Å². The summed E-state index contributed by atoms with van der Waals surface area (Å²) in [4.78, 5) is 0. The van der Waals surface area contributed by atoms with Gasteiger partial charge in [0.1, 0.15) is 11.9 Å². The first-order chi connectivity index (χ1) is 8.94. The van der Waals surface area contributed by atoms with Crippen LogP contribution in [0.4, 0.5) is 5.69 Å². The molecule has 1 fully saturated rings. The van der Waals surface area contributed by atoms with E-state index in [1.165, 1.54) is 0 Å². The third-order valence-corrected chi connectivity index (χ3v) is 3.92.